The topological polar surface area (TPSA) is 76.0 Å². The van der Waals surface area contributed by atoms with Crippen LogP contribution in [0.2, 0.25) is 0 Å². The van der Waals surface area contributed by atoms with Gasteiger partial charge in [0.25, 0.3) is 0 Å². The lowest BCUT2D eigenvalue weighted by atomic mass is 9.95. The van der Waals surface area contributed by atoms with Gasteiger partial charge in [0, 0.05) is 6.07 Å². The molecule has 0 amide bonds. The molecule has 1 atom stereocenters. The van der Waals surface area contributed by atoms with Crippen molar-refractivity contribution in [2.24, 2.45) is 0 Å². The van der Waals surface area contributed by atoms with Gasteiger partial charge in [0.15, 0.2) is 17.3 Å². The highest BCUT2D eigenvalue weighted by Crippen LogP contribution is 2.49. The Kier molecular flexibility index (Phi) is 3.17. The third-order valence-corrected chi connectivity index (χ3v) is 3.48. The first-order valence-electron chi connectivity index (χ1n) is 6.49. The van der Waals surface area contributed by atoms with Crippen molar-refractivity contribution in [3.05, 3.63) is 47.5 Å². The molecule has 2 aromatic rings. The zero-order valence-corrected chi connectivity index (χ0v) is 11.4. The van der Waals surface area contributed by atoms with Crippen LogP contribution < -0.4 is 9.47 Å². The van der Waals surface area contributed by atoms with E-state index in [1.807, 2.05) is 30.3 Å². The van der Waals surface area contributed by atoms with Gasteiger partial charge in [0.1, 0.15) is 17.4 Å². The highest BCUT2D eigenvalue weighted by molar-refractivity contribution is 6.03. The largest absolute Gasteiger partial charge is 0.507 e. The van der Waals surface area contributed by atoms with E-state index in [0.29, 0.717) is 0 Å². The molecule has 1 heterocycles. The average molecular weight is 286 g/mol. The maximum Gasteiger partial charge on any atom is 0.204 e. The van der Waals surface area contributed by atoms with Gasteiger partial charge in [-0.15, -0.1) is 0 Å². The summed E-state index contributed by atoms with van der Waals surface area (Å²) < 4.78 is 10.9. The fraction of sp³-hybridized carbons (Fsp3) is 0.188. The third kappa shape index (κ3) is 2.16. The molecule has 0 radical (unpaired) electrons. The minimum Gasteiger partial charge on any atom is -0.507 e. The lowest BCUT2D eigenvalue weighted by molar-refractivity contribution is 0.0836. The van der Waals surface area contributed by atoms with Gasteiger partial charge in [-0.05, 0) is 5.56 Å². The number of ether oxygens (including phenoxy) is 2. The SMILES string of the molecule is COc1c(O)cc(O)c2c1OC(c1ccccc1)CC2=O. The fourth-order valence-corrected chi connectivity index (χ4v) is 2.50. The monoisotopic (exact) mass is 286 g/mol. The molecule has 3 rings (SSSR count). The second kappa shape index (κ2) is 5.01. The van der Waals surface area contributed by atoms with Crippen molar-refractivity contribution in [3.63, 3.8) is 0 Å². The predicted octanol–water partition coefficient (Wildman–Crippen LogP) is 2.81. The summed E-state index contributed by atoms with van der Waals surface area (Å²) in [6.45, 7) is 0. The molecule has 0 spiro atoms. The number of carbonyl (C=O) groups excluding carboxylic acids is 1. The molecule has 1 aliphatic rings. The third-order valence-electron chi connectivity index (χ3n) is 3.48. The van der Waals surface area contributed by atoms with E-state index in [9.17, 15) is 15.0 Å². The lowest BCUT2D eigenvalue weighted by Crippen LogP contribution is -2.21. The number of phenolic OH excluding ortho intramolecular Hbond substituents is 2. The number of aromatic hydroxyl groups is 2. The van der Waals surface area contributed by atoms with E-state index >= 15 is 0 Å². The van der Waals surface area contributed by atoms with E-state index in [1.54, 1.807) is 0 Å². The molecule has 5 nitrogen and oxygen atoms in total. The van der Waals surface area contributed by atoms with Crippen LogP contribution in [0.15, 0.2) is 36.4 Å². The molecule has 2 aromatic carbocycles. The van der Waals surface area contributed by atoms with Crippen molar-refractivity contribution in [2.75, 3.05) is 7.11 Å². The average Bonchev–Trinajstić information content (AvgIpc) is 2.47. The summed E-state index contributed by atoms with van der Waals surface area (Å²) in [7, 11) is 1.37. The van der Waals surface area contributed by atoms with Gasteiger partial charge >= 0.3 is 0 Å². The summed E-state index contributed by atoms with van der Waals surface area (Å²) in [5.74, 6) is -0.687. The predicted molar refractivity (Wildman–Crippen MR) is 75.1 cm³/mol. The number of methoxy groups -OCH3 is 1. The zero-order chi connectivity index (χ0) is 15.0. The molecule has 0 aliphatic carbocycles. The quantitative estimate of drug-likeness (QED) is 0.887. The molecule has 108 valence electrons. The zero-order valence-electron chi connectivity index (χ0n) is 11.4. The molecule has 0 fully saturated rings. The summed E-state index contributed by atoms with van der Waals surface area (Å²) in [5.41, 5.74) is 0.901. The summed E-state index contributed by atoms with van der Waals surface area (Å²) in [6, 6.07) is 10.4. The first-order chi connectivity index (χ1) is 10.1. The van der Waals surface area contributed by atoms with E-state index in [-0.39, 0.29) is 40.8 Å². The van der Waals surface area contributed by atoms with E-state index < -0.39 is 6.10 Å². The number of rotatable bonds is 2. The molecular weight excluding hydrogens is 272 g/mol. The number of hydrogen-bond acceptors (Lipinski definition) is 5. The van der Waals surface area contributed by atoms with Crippen LogP contribution in [0.25, 0.3) is 0 Å². The Morgan fingerprint density at radius 1 is 1.19 bits per heavy atom. The first kappa shape index (κ1) is 13.3. The van der Waals surface area contributed by atoms with E-state index in [2.05, 4.69) is 0 Å². The Hall–Kier alpha value is -2.69. The van der Waals surface area contributed by atoms with E-state index in [4.69, 9.17) is 9.47 Å². The van der Waals surface area contributed by atoms with Crippen molar-refractivity contribution in [2.45, 2.75) is 12.5 Å². The van der Waals surface area contributed by atoms with Crippen LogP contribution in [0.5, 0.6) is 23.0 Å². The van der Waals surface area contributed by atoms with Crippen molar-refractivity contribution < 1.29 is 24.5 Å². The summed E-state index contributed by atoms with van der Waals surface area (Å²) >= 11 is 0. The van der Waals surface area contributed by atoms with Gasteiger partial charge in [-0.1, -0.05) is 30.3 Å². The molecule has 2 N–H and O–H groups in total. The maximum atomic E-state index is 12.3. The molecule has 5 heteroatoms. The Morgan fingerprint density at radius 2 is 1.90 bits per heavy atom. The number of hydrogen-bond donors (Lipinski definition) is 2. The Balaban J connectivity index is 2.11. The van der Waals surface area contributed by atoms with Crippen molar-refractivity contribution in [1.29, 1.82) is 0 Å². The number of carbonyl (C=O) groups is 1. The lowest BCUT2D eigenvalue weighted by Gasteiger charge is -2.27. The van der Waals surface area contributed by atoms with Gasteiger partial charge in [-0.3, -0.25) is 4.79 Å². The number of phenols is 2. The highest BCUT2D eigenvalue weighted by Gasteiger charge is 2.34. The number of Topliss-reactive ketones (excluding diaryl/α,β-unsaturated/α-hetero) is 1. The summed E-state index contributed by atoms with van der Waals surface area (Å²) in [4.78, 5) is 12.3. The molecule has 0 bridgehead atoms. The van der Waals surface area contributed by atoms with Gasteiger partial charge in [0.05, 0.1) is 13.5 Å². The first-order valence-corrected chi connectivity index (χ1v) is 6.49. The van der Waals surface area contributed by atoms with Crippen molar-refractivity contribution in [3.8, 4) is 23.0 Å². The van der Waals surface area contributed by atoms with Gasteiger partial charge in [-0.2, -0.15) is 0 Å². The fourth-order valence-electron chi connectivity index (χ4n) is 2.50. The smallest absolute Gasteiger partial charge is 0.204 e. The highest BCUT2D eigenvalue weighted by atomic mass is 16.5. The molecule has 1 unspecified atom stereocenters. The Labute approximate surface area is 121 Å². The van der Waals surface area contributed by atoms with E-state index in [1.165, 1.54) is 7.11 Å². The Morgan fingerprint density at radius 3 is 2.57 bits per heavy atom. The second-order valence-corrected chi connectivity index (χ2v) is 4.80. The molecule has 1 aliphatic heterocycles. The molecule has 0 aromatic heterocycles. The molecular formula is C16H14O5. The van der Waals surface area contributed by atoms with Crippen LogP contribution in [0.1, 0.15) is 28.4 Å². The van der Waals surface area contributed by atoms with Gasteiger partial charge in [-0.25, -0.2) is 0 Å². The standard InChI is InChI=1S/C16H14O5/c1-20-15-12(19)7-10(17)14-11(18)8-13(21-16(14)15)9-5-3-2-4-6-9/h2-7,13,17,19H,8H2,1H3. The summed E-state index contributed by atoms with van der Waals surface area (Å²) in [6.07, 6.45) is -0.348. The minimum absolute atomic E-state index is 0.0526. The van der Waals surface area contributed by atoms with Crippen LogP contribution >= 0.6 is 0 Å². The van der Waals surface area contributed by atoms with Gasteiger partial charge < -0.3 is 19.7 Å². The normalized spacial score (nSPS) is 17.0. The minimum atomic E-state index is -0.471. The van der Waals surface area contributed by atoms with Crippen LogP contribution in [0.3, 0.4) is 0 Å². The molecule has 0 saturated carbocycles. The molecule has 0 saturated heterocycles. The van der Waals surface area contributed by atoms with Gasteiger partial charge in [0.2, 0.25) is 5.75 Å². The second-order valence-electron chi connectivity index (χ2n) is 4.80. The van der Waals surface area contributed by atoms with Crippen molar-refractivity contribution in [1.82, 2.24) is 0 Å². The summed E-state index contributed by atoms with van der Waals surface area (Å²) in [5, 5.41) is 19.7. The molecule has 21 heavy (non-hydrogen) atoms. The number of benzene rings is 2. The van der Waals surface area contributed by atoms with Crippen molar-refractivity contribution >= 4 is 5.78 Å². The Bertz CT molecular complexity index is 694. The van der Waals surface area contributed by atoms with E-state index in [0.717, 1.165) is 11.6 Å². The number of fused-ring (bicyclic) bond motifs is 1. The van der Waals surface area contributed by atoms with Crippen LogP contribution in [0, 0.1) is 0 Å². The van der Waals surface area contributed by atoms with Crippen LogP contribution in [-0.4, -0.2) is 23.1 Å². The van der Waals surface area contributed by atoms with Crippen LogP contribution in [0.4, 0.5) is 0 Å². The number of ketones is 1. The van der Waals surface area contributed by atoms with Crippen LogP contribution in [-0.2, 0) is 0 Å². The maximum absolute atomic E-state index is 12.3.